The minimum absolute atomic E-state index is 0.110. The van der Waals surface area contributed by atoms with Crippen molar-refractivity contribution in [2.24, 2.45) is 11.8 Å². The van der Waals surface area contributed by atoms with E-state index in [1.165, 1.54) is 4.90 Å². The molecule has 0 spiro atoms. The van der Waals surface area contributed by atoms with Crippen LogP contribution < -0.4 is 4.90 Å². The molecule has 2 amide bonds. The predicted molar refractivity (Wildman–Crippen MR) is 176 cm³/mol. The molecular weight excluding hydrogens is 554 g/mol. The first-order valence-electron chi connectivity index (χ1n) is 15.4. The smallest absolute Gasteiger partial charge is 0.239 e. The van der Waals surface area contributed by atoms with Gasteiger partial charge in [-0.25, -0.2) is 4.90 Å². The summed E-state index contributed by atoms with van der Waals surface area (Å²) in [5.74, 6) is -2.62. The van der Waals surface area contributed by atoms with Gasteiger partial charge in [-0.2, -0.15) is 0 Å². The van der Waals surface area contributed by atoms with Crippen LogP contribution in [-0.2, 0) is 25.2 Å². The highest BCUT2D eigenvalue weighted by molar-refractivity contribution is 6.39. The van der Waals surface area contributed by atoms with E-state index in [0.717, 1.165) is 44.5 Å². The zero-order chi connectivity index (χ0) is 30.9. The van der Waals surface area contributed by atoms with Gasteiger partial charge in [-0.05, 0) is 70.5 Å². The second-order valence-corrected chi connectivity index (χ2v) is 12.4. The van der Waals surface area contributed by atoms with E-state index in [4.69, 9.17) is 0 Å². The van der Waals surface area contributed by atoms with E-state index in [9.17, 15) is 0 Å². The van der Waals surface area contributed by atoms with Gasteiger partial charge in [0.25, 0.3) is 0 Å². The molecule has 0 N–H and O–H groups in total. The van der Waals surface area contributed by atoms with Crippen LogP contribution in [0.5, 0.6) is 0 Å². The van der Waals surface area contributed by atoms with E-state index < -0.39 is 22.7 Å². The summed E-state index contributed by atoms with van der Waals surface area (Å²) in [5, 5.41) is 0. The zero-order valence-corrected chi connectivity index (χ0v) is 25.1. The third kappa shape index (κ3) is 3.40. The minimum Gasteiger partial charge on any atom is -0.297 e. The maximum Gasteiger partial charge on any atom is 0.239 e. The monoisotopic (exact) mass is 585 g/mol. The highest BCUT2D eigenvalue weighted by atomic mass is 16.2. The van der Waals surface area contributed by atoms with Gasteiger partial charge in [-0.1, -0.05) is 127 Å². The molecule has 4 nitrogen and oxygen atoms in total. The minimum atomic E-state index is -1.39. The fraction of sp³-hybridized carbons (Fsp3) is 0.146. The van der Waals surface area contributed by atoms with E-state index in [-0.39, 0.29) is 17.6 Å². The number of nitrogens with zero attached hydrogens (tertiary/aromatic N) is 1. The first-order valence-corrected chi connectivity index (χ1v) is 15.4. The summed E-state index contributed by atoms with van der Waals surface area (Å²) >= 11 is 0. The van der Waals surface area contributed by atoms with Crippen molar-refractivity contribution < 1.29 is 14.4 Å². The number of ketones is 1. The van der Waals surface area contributed by atoms with Crippen LogP contribution in [0, 0.1) is 25.7 Å². The molecule has 2 fully saturated rings. The molecule has 1 saturated carbocycles. The van der Waals surface area contributed by atoms with Crippen molar-refractivity contribution in [1.29, 1.82) is 0 Å². The summed E-state index contributed by atoms with van der Waals surface area (Å²) in [6.45, 7) is 3.99. The lowest BCUT2D eigenvalue weighted by Crippen LogP contribution is -2.45. The average Bonchev–Trinajstić information content (AvgIpc) is 3.59. The molecule has 4 heteroatoms. The fourth-order valence-corrected chi connectivity index (χ4v) is 8.45. The van der Waals surface area contributed by atoms with E-state index in [1.807, 2.05) is 153 Å². The number of imide groups is 1. The number of hydrogen-bond acceptors (Lipinski definition) is 3. The average molecular weight is 586 g/mol. The van der Waals surface area contributed by atoms with Gasteiger partial charge in [0.1, 0.15) is 0 Å². The molecule has 8 rings (SSSR count). The Hall–Kier alpha value is -5.35. The maximum absolute atomic E-state index is 15.9. The number of Topliss-reactive ketones (excluding diaryl/α,β-unsaturated/α-hetero) is 1. The molecule has 0 aromatic heterocycles. The molecule has 1 saturated heterocycles. The standard InChI is InChI=1S/C41H31NO3/c1-26-23-24-32(25-27(26)2)42-37(43)35-36(38(42)44)41(31-21-13-6-14-22-31)34(29-17-9-4-10-18-29)33(28-15-7-3-8-16-28)40(35,39(41)45)30-19-11-5-12-20-30/h3-25,35-36H,1-2H3/t35-,36+,40-,41-/m0/s1. The Morgan fingerprint density at radius 3 is 1.29 bits per heavy atom. The topological polar surface area (TPSA) is 54.5 Å². The Morgan fingerprint density at radius 1 is 0.489 bits per heavy atom. The SMILES string of the molecule is Cc1ccc(N2C(=O)[C@@H]3[C@H](C2=O)[C@@]2(c4ccccc4)C(=O)[C@@]3(c3ccccc3)C(c3ccccc3)=C2c2ccccc2)cc1C. The van der Waals surface area contributed by atoms with Crippen molar-refractivity contribution >= 4 is 34.4 Å². The van der Waals surface area contributed by atoms with Gasteiger partial charge in [0.15, 0.2) is 5.78 Å². The number of fused-ring (bicyclic) bond motifs is 5. The number of carbonyl (C=O) groups is 3. The molecule has 45 heavy (non-hydrogen) atoms. The number of carbonyl (C=O) groups excluding carboxylic acids is 3. The number of benzene rings is 5. The highest BCUT2D eigenvalue weighted by Crippen LogP contribution is 2.74. The van der Waals surface area contributed by atoms with Crippen molar-refractivity contribution in [3.8, 4) is 0 Å². The zero-order valence-electron chi connectivity index (χ0n) is 25.1. The Morgan fingerprint density at radius 2 is 0.889 bits per heavy atom. The van der Waals surface area contributed by atoms with Gasteiger partial charge < -0.3 is 0 Å². The van der Waals surface area contributed by atoms with Crippen LogP contribution in [0.1, 0.15) is 33.4 Å². The van der Waals surface area contributed by atoms with Crippen molar-refractivity contribution in [2.75, 3.05) is 4.90 Å². The third-order valence-electron chi connectivity index (χ3n) is 10.3. The number of allylic oxidation sites excluding steroid dienone is 2. The lowest BCUT2D eigenvalue weighted by Gasteiger charge is -2.39. The second kappa shape index (κ2) is 9.83. The van der Waals surface area contributed by atoms with E-state index in [2.05, 4.69) is 0 Å². The lowest BCUT2D eigenvalue weighted by atomic mass is 9.59. The van der Waals surface area contributed by atoms with Crippen LogP contribution in [0.15, 0.2) is 140 Å². The highest BCUT2D eigenvalue weighted by Gasteiger charge is 2.82. The predicted octanol–water partition coefficient (Wildman–Crippen LogP) is 7.49. The van der Waals surface area contributed by atoms with Gasteiger partial charge in [-0.15, -0.1) is 0 Å². The van der Waals surface area contributed by atoms with Crippen molar-refractivity contribution in [2.45, 2.75) is 24.7 Å². The summed E-state index contributed by atoms with van der Waals surface area (Å²) < 4.78 is 0. The molecule has 5 aromatic rings. The maximum atomic E-state index is 15.9. The Labute approximate surface area is 262 Å². The molecule has 5 aromatic carbocycles. The quantitative estimate of drug-likeness (QED) is 0.201. The van der Waals surface area contributed by atoms with Crippen molar-refractivity contribution in [1.82, 2.24) is 0 Å². The second-order valence-electron chi connectivity index (χ2n) is 12.4. The van der Waals surface area contributed by atoms with Crippen LogP contribution >= 0.6 is 0 Å². The van der Waals surface area contributed by atoms with Crippen LogP contribution in [0.3, 0.4) is 0 Å². The molecule has 1 aliphatic heterocycles. The number of hydrogen-bond donors (Lipinski definition) is 0. The van der Waals surface area contributed by atoms with Gasteiger partial charge >= 0.3 is 0 Å². The van der Waals surface area contributed by atoms with Crippen molar-refractivity contribution in [3.05, 3.63) is 173 Å². The third-order valence-corrected chi connectivity index (χ3v) is 10.3. The summed E-state index contributed by atoms with van der Waals surface area (Å²) in [4.78, 5) is 47.3. The number of aryl methyl sites for hydroxylation is 2. The summed E-state index contributed by atoms with van der Waals surface area (Å²) in [7, 11) is 0. The van der Waals surface area contributed by atoms with Gasteiger partial charge in [0.2, 0.25) is 11.8 Å². The molecule has 4 atom stereocenters. The van der Waals surface area contributed by atoms with Crippen LogP contribution in [-0.4, -0.2) is 17.6 Å². The van der Waals surface area contributed by atoms with Crippen molar-refractivity contribution in [3.63, 3.8) is 0 Å². The largest absolute Gasteiger partial charge is 0.297 e. The Balaban J connectivity index is 1.55. The Kier molecular flexibility index (Phi) is 5.95. The van der Waals surface area contributed by atoms with Crippen LogP contribution in [0.2, 0.25) is 0 Å². The molecule has 218 valence electrons. The number of anilines is 1. The molecule has 2 aliphatic carbocycles. The molecule has 0 radical (unpaired) electrons. The number of amides is 2. The summed E-state index contributed by atoms with van der Waals surface area (Å²) in [6.07, 6.45) is 0. The summed E-state index contributed by atoms with van der Waals surface area (Å²) in [6, 6.07) is 44.9. The van der Waals surface area contributed by atoms with Gasteiger partial charge in [-0.3, -0.25) is 14.4 Å². The first-order chi connectivity index (χ1) is 21.9. The molecule has 3 aliphatic rings. The molecular formula is C41H31NO3. The van der Waals surface area contributed by atoms with Crippen LogP contribution in [0.25, 0.3) is 11.1 Å². The van der Waals surface area contributed by atoms with E-state index >= 15 is 14.4 Å². The fourth-order valence-electron chi connectivity index (χ4n) is 8.45. The Bertz CT molecular complexity index is 1910. The number of rotatable bonds is 5. The molecule has 0 unspecified atom stereocenters. The first kappa shape index (κ1) is 27.2. The summed E-state index contributed by atoms with van der Waals surface area (Å²) in [5.41, 5.74) is 4.64. The normalized spacial score (nSPS) is 25.3. The molecule has 1 heterocycles. The lowest BCUT2D eigenvalue weighted by molar-refractivity contribution is -0.130. The van der Waals surface area contributed by atoms with Gasteiger partial charge in [0.05, 0.1) is 28.4 Å². The van der Waals surface area contributed by atoms with Gasteiger partial charge in [0, 0.05) is 0 Å². The van der Waals surface area contributed by atoms with E-state index in [0.29, 0.717) is 5.69 Å². The van der Waals surface area contributed by atoms with Crippen LogP contribution in [0.4, 0.5) is 5.69 Å². The van der Waals surface area contributed by atoms with E-state index in [1.54, 1.807) is 0 Å². The molecule has 2 bridgehead atoms.